The molecule has 0 spiro atoms. The predicted molar refractivity (Wildman–Crippen MR) is 83.3 cm³/mol. The van der Waals surface area contributed by atoms with Gasteiger partial charge < -0.3 is 14.5 Å². The molecule has 2 aromatic rings. The van der Waals surface area contributed by atoms with Crippen LogP contribution in [0.15, 0.2) is 47.1 Å². The highest BCUT2D eigenvalue weighted by atomic mass is 19.1. The number of rotatable bonds is 5. The summed E-state index contributed by atoms with van der Waals surface area (Å²) in [5.74, 6) is 0.428. The normalized spacial score (nSPS) is 16.9. The molecule has 0 saturated carbocycles. The summed E-state index contributed by atoms with van der Waals surface area (Å²) in [7, 11) is 0. The van der Waals surface area contributed by atoms with Gasteiger partial charge in [0.25, 0.3) is 0 Å². The Morgan fingerprint density at radius 1 is 1.22 bits per heavy atom. The Kier molecular flexibility index (Phi) is 4.76. The fourth-order valence-electron chi connectivity index (χ4n) is 3.01. The standard InChI is InChI=1S/C18H20FNO3/c19-15-4-1-3-14(13-15)18(8-11-22-12-9-18)20-17(21)7-6-16-5-2-10-23-16/h1-5,10,13H,6-9,11-12H2,(H,20,21). The SMILES string of the molecule is O=C(CCc1ccco1)NC1(c2cccc(F)c2)CCOCC1. The second-order valence-corrected chi connectivity index (χ2v) is 5.83. The molecule has 5 heteroatoms. The number of hydrogen-bond acceptors (Lipinski definition) is 3. The van der Waals surface area contributed by atoms with Gasteiger partial charge in [-0.15, -0.1) is 0 Å². The van der Waals surface area contributed by atoms with E-state index in [4.69, 9.17) is 9.15 Å². The molecule has 4 nitrogen and oxygen atoms in total. The molecule has 122 valence electrons. The summed E-state index contributed by atoms with van der Waals surface area (Å²) in [6.07, 6.45) is 3.77. The first kappa shape index (κ1) is 15.7. The van der Waals surface area contributed by atoms with Gasteiger partial charge in [0.2, 0.25) is 5.91 Å². The van der Waals surface area contributed by atoms with Crippen molar-refractivity contribution in [2.45, 2.75) is 31.2 Å². The molecular formula is C18H20FNO3. The Morgan fingerprint density at radius 2 is 2.04 bits per heavy atom. The highest BCUT2D eigenvalue weighted by Gasteiger charge is 2.36. The Hall–Kier alpha value is -2.14. The zero-order chi connectivity index (χ0) is 16.1. The van der Waals surface area contributed by atoms with Gasteiger partial charge in [-0.1, -0.05) is 12.1 Å². The number of carbonyl (C=O) groups excluding carboxylic acids is 1. The number of amides is 1. The number of furan rings is 1. The van der Waals surface area contributed by atoms with E-state index in [0.717, 1.165) is 11.3 Å². The fraction of sp³-hybridized carbons (Fsp3) is 0.389. The molecule has 0 radical (unpaired) electrons. The lowest BCUT2D eigenvalue weighted by Gasteiger charge is -2.38. The van der Waals surface area contributed by atoms with Crippen molar-refractivity contribution in [3.8, 4) is 0 Å². The maximum atomic E-state index is 13.6. The number of nitrogens with one attached hydrogen (secondary N) is 1. The summed E-state index contributed by atoms with van der Waals surface area (Å²) >= 11 is 0. The largest absolute Gasteiger partial charge is 0.469 e. The Bertz CT molecular complexity index is 648. The first-order valence-electron chi connectivity index (χ1n) is 7.85. The third-order valence-corrected chi connectivity index (χ3v) is 4.28. The fourth-order valence-corrected chi connectivity index (χ4v) is 3.01. The van der Waals surface area contributed by atoms with E-state index in [1.165, 1.54) is 12.1 Å². The summed E-state index contributed by atoms with van der Waals surface area (Å²) in [6.45, 7) is 1.10. The van der Waals surface area contributed by atoms with Crippen molar-refractivity contribution < 1.29 is 18.3 Å². The average molecular weight is 317 g/mol. The zero-order valence-electron chi connectivity index (χ0n) is 12.9. The number of benzene rings is 1. The van der Waals surface area contributed by atoms with Crippen LogP contribution in [0.2, 0.25) is 0 Å². The van der Waals surface area contributed by atoms with E-state index in [9.17, 15) is 9.18 Å². The third kappa shape index (κ3) is 3.79. The molecular weight excluding hydrogens is 297 g/mol. The van der Waals surface area contributed by atoms with Crippen molar-refractivity contribution in [2.24, 2.45) is 0 Å². The van der Waals surface area contributed by atoms with Crippen molar-refractivity contribution in [3.05, 3.63) is 59.8 Å². The number of ether oxygens (including phenoxy) is 1. The van der Waals surface area contributed by atoms with Gasteiger partial charge in [0.1, 0.15) is 11.6 Å². The van der Waals surface area contributed by atoms with Gasteiger partial charge in [0.15, 0.2) is 0 Å². The Balaban J connectivity index is 1.72. The van der Waals surface area contributed by atoms with E-state index in [1.807, 2.05) is 12.1 Å². The van der Waals surface area contributed by atoms with Crippen LogP contribution < -0.4 is 5.32 Å². The van der Waals surface area contributed by atoms with Gasteiger partial charge in [-0.2, -0.15) is 0 Å². The van der Waals surface area contributed by atoms with E-state index >= 15 is 0 Å². The predicted octanol–water partition coefficient (Wildman–Crippen LogP) is 3.17. The lowest BCUT2D eigenvalue weighted by atomic mass is 9.82. The number of hydrogen-bond donors (Lipinski definition) is 1. The molecule has 1 aliphatic heterocycles. The van der Waals surface area contributed by atoms with Gasteiger partial charge >= 0.3 is 0 Å². The molecule has 0 unspecified atom stereocenters. The highest BCUT2D eigenvalue weighted by molar-refractivity contribution is 5.77. The minimum absolute atomic E-state index is 0.0624. The molecule has 0 atom stereocenters. The van der Waals surface area contributed by atoms with Crippen LogP contribution in [0.4, 0.5) is 4.39 Å². The highest BCUT2D eigenvalue weighted by Crippen LogP contribution is 2.32. The molecule has 23 heavy (non-hydrogen) atoms. The Morgan fingerprint density at radius 3 is 2.74 bits per heavy atom. The van der Waals surface area contributed by atoms with Crippen LogP contribution in [0.1, 0.15) is 30.6 Å². The average Bonchev–Trinajstić information content (AvgIpc) is 3.07. The summed E-state index contributed by atoms with van der Waals surface area (Å²) in [5.41, 5.74) is 0.243. The van der Waals surface area contributed by atoms with Gasteiger partial charge in [-0.05, 0) is 42.7 Å². The minimum Gasteiger partial charge on any atom is -0.469 e. The smallest absolute Gasteiger partial charge is 0.221 e. The lowest BCUT2D eigenvalue weighted by molar-refractivity contribution is -0.124. The van der Waals surface area contributed by atoms with Crippen molar-refractivity contribution >= 4 is 5.91 Å². The second kappa shape index (κ2) is 6.96. The molecule has 1 N–H and O–H groups in total. The first-order valence-corrected chi connectivity index (χ1v) is 7.85. The van der Waals surface area contributed by atoms with Crippen LogP contribution in [0.3, 0.4) is 0 Å². The molecule has 0 bridgehead atoms. The third-order valence-electron chi connectivity index (χ3n) is 4.28. The van der Waals surface area contributed by atoms with E-state index in [1.54, 1.807) is 18.4 Å². The maximum absolute atomic E-state index is 13.6. The van der Waals surface area contributed by atoms with Crippen LogP contribution in [0.5, 0.6) is 0 Å². The summed E-state index contributed by atoms with van der Waals surface area (Å²) in [5, 5.41) is 3.11. The van der Waals surface area contributed by atoms with Crippen LogP contribution in [0.25, 0.3) is 0 Å². The molecule has 3 rings (SSSR count). The van der Waals surface area contributed by atoms with Crippen molar-refractivity contribution in [3.63, 3.8) is 0 Å². The van der Waals surface area contributed by atoms with Crippen LogP contribution >= 0.6 is 0 Å². The van der Waals surface area contributed by atoms with E-state index in [2.05, 4.69) is 5.32 Å². The maximum Gasteiger partial charge on any atom is 0.221 e. The number of carbonyl (C=O) groups is 1. The van der Waals surface area contributed by atoms with Crippen LogP contribution in [0, 0.1) is 5.82 Å². The molecule has 1 aromatic heterocycles. The first-order chi connectivity index (χ1) is 11.2. The zero-order valence-corrected chi connectivity index (χ0v) is 12.9. The summed E-state index contributed by atoms with van der Waals surface area (Å²) in [6, 6.07) is 10.1. The van der Waals surface area contributed by atoms with Gasteiger partial charge in [0.05, 0.1) is 11.8 Å². The number of aryl methyl sites for hydroxylation is 1. The van der Waals surface area contributed by atoms with Gasteiger partial charge in [-0.25, -0.2) is 4.39 Å². The quantitative estimate of drug-likeness (QED) is 0.921. The van der Waals surface area contributed by atoms with E-state index < -0.39 is 5.54 Å². The van der Waals surface area contributed by atoms with Crippen LogP contribution in [-0.2, 0) is 21.5 Å². The topological polar surface area (TPSA) is 51.5 Å². The molecule has 1 amide bonds. The van der Waals surface area contributed by atoms with Crippen molar-refractivity contribution in [1.29, 1.82) is 0 Å². The lowest BCUT2D eigenvalue weighted by Crippen LogP contribution is -2.49. The molecule has 1 saturated heterocycles. The monoisotopic (exact) mass is 317 g/mol. The molecule has 1 aliphatic rings. The second-order valence-electron chi connectivity index (χ2n) is 5.83. The van der Waals surface area contributed by atoms with Crippen molar-refractivity contribution in [2.75, 3.05) is 13.2 Å². The molecule has 2 heterocycles. The minimum atomic E-state index is -0.555. The van der Waals surface area contributed by atoms with Crippen molar-refractivity contribution in [1.82, 2.24) is 5.32 Å². The van der Waals surface area contributed by atoms with Gasteiger partial charge in [-0.3, -0.25) is 4.79 Å². The van der Waals surface area contributed by atoms with Gasteiger partial charge in [0, 0.05) is 26.1 Å². The van der Waals surface area contributed by atoms with E-state index in [0.29, 0.717) is 38.9 Å². The molecule has 0 aliphatic carbocycles. The summed E-state index contributed by atoms with van der Waals surface area (Å²) < 4.78 is 24.3. The molecule has 1 fully saturated rings. The number of halogens is 1. The van der Waals surface area contributed by atoms with Crippen LogP contribution in [-0.4, -0.2) is 19.1 Å². The Labute approximate surface area is 134 Å². The molecule has 1 aromatic carbocycles. The van der Waals surface area contributed by atoms with E-state index in [-0.39, 0.29) is 11.7 Å². The summed E-state index contributed by atoms with van der Waals surface area (Å²) in [4.78, 5) is 12.4.